The van der Waals surface area contributed by atoms with Gasteiger partial charge >= 0.3 is 16.5 Å². The fourth-order valence-corrected chi connectivity index (χ4v) is 1.08. The van der Waals surface area contributed by atoms with Gasteiger partial charge in [-0.15, -0.1) is 0 Å². The van der Waals surface area contributed by atoms with Crippen LogP contribution in [0.5, 0.6) is 11.5 Å². The third-order valence-electron chi connectivity index (χ3n) is 1.57. The Morgan fingerprint density at radius 1 is 0.824 bits per heavy atom. The van der Waals surface area contributed by atoms with Crippen LogP contribution in [-0.4, -0.2) is 10.2 Å². The molecule has 0 atom stereocenters. The molecule has 2 heterocycles. The van der Waals surface area contributed by atoms with Crippen molar-refractivity contribution in [3.63, 3.8) is 0 Å². The molecule has 0 saturated heterocycles. The number of rotatable bonds is 0. The van der Waals surface area contributed by atoms with Gasteiger partial charge in [-0.25, -0.2) is 0 Å². The Bertz CT molecular complexity index is 517. The van der Waals surface area contributed by atoms with Gasteiger partial charge in [0.05, 0.1) is 0 Å². The number of pyridine rings is 2. The van der Waals surface area contributed by atoms with Crippen molar-refractivity contribution in [2.75, 3.05) is 0 Å². The van der Waals surface area contributed by atoms with Crippen LogP contribution >= 0.6 is 0 Å². The summed E-state index contributed by atoms with van der Waals surface area (Å²) in [6, 6.07) is 6.72. The summed E-state index contributed by atoms with van der Waals surface area (Å²) in [6.07, 6.45) is 3.22. The second-order valence-corrected chi connectivity index (χ2v) is 3.60. The molecule has 1 radical (unpaired) electrons. The average Bonchev–Trinajstić information content (AvgIpc) is 2.28. The summed E-state index contributed by atoms with van der Waals surface area (Å²) >= 11 is 7.80. The molecule has 4 nitrogen and oxygen atoms in total. The second kappa shape index (κ2) is 8.00. The fraction of sp³-hybridized carbons (Fsp3) is 0. The summed E-state index contributed by atoms with van der Waals surface area (Å²) in [4.78, 5) is 7.51. The van der Waals surface area contributed by atoms with E-state index >= 15 is 0 Å². The van der Waals surface area contributed by atoms with Crippen molar-refractivity contribution in [2.45, 2.75) is 0 Å². The van der Waals surface area contributed by atoms with Crippen LogP contribution in [0.1, 0.15) is 0 Å². The van der Waals surface area contributed by atoms with E-state index in [9.17, 15) is 0 Å². The first-order chi connectivity index (χ1) is 7.61. The third-order valence-corrected chi connectivity index (χ3v) is 2.29. The molecule has 0 aromatic carbocycles. The van der Waals surface area contributed by atoms with Crippen molar-refractivity contribution in [1.29, 1.82) is 0 Å². The topological polar surface area (TPSA) is 74.0 Å². The molecule has 0 aliphatic carbocycles. The molecule has 17 heavy (non-hydrogen) atoms. The maximum absolute atomic E-state index is 7.08. The first-order valence-corrected chi connectivity index (χ1v) is 5.22. The predicted octanol–water partition coefficient (Wildman–Crippen LogP) is -0.217. The van der Waals surface area contributed by atoms with Gasteiger partial charge in [-0.2, -0.15) is 12.4 Å². The van der Waals surface area contributed by atoms with E-state index in [0.717, 1.165) is 0 Å². The first kappa shape index (κ1) is 15.8. The quantitative estimate of drug-likeness (QED) is 0.292. The minimum absolute atomic E-state index is 0. The van der Waals surface area contributed by atoms with Gasteiger partial charge in [0.1, 0.15) is 0 Å². The number of nitrogens with zero attached hydrogens (tertiary/aromatic N) is 2. The van der Waals surface area contributed by atoms with Crippen LogP contribution in [0.2, 0.25) is 0 Å². The normalized spacial score (nSPS) is 8.47. The van der Waals surface area contributed by atoms with Crippen LogP contribution < -0.4 is 9.97 Å². The molecule has 0 aliphatic rings. The van der Waals surface area contributed by atoms with Gasteiger partial charge in [-0.1, -0.05) is 12.1 Å². The van der Waals surface area contributed by atoms with Gasteiger partial charge in [0.25, 0.3) is 11.5 Å². The number of hydrogen-bond acceptors (Lipinski definition) is 0. The zero-order valence-corrected chi connectivity index (χ0v) is 11.3. The Morgan fingerprint density at radius 2 is 1.18 bits per heavy atom. The van der Waals surface area contributed by atoms with E-state index in [1.807, 2.05) is 0 Å². The summed E-state index contributed by atoms with van der Waals surface area (Å²) in [5.41, 5.74) is 0. The van der Waals surface area contributed by atoms with Gasteiger partial charge in [0, 0.05) is 12.1 Å². The Labute approximate surface area is 118 Å². The molecular weight excluding hydrogens is 303 g/mol. The zero-order chi connectivity index (χ0) is 12.0. The molecular formula is C10H12N2NiO2S2+5. The van der Waals surface area contributed by atoms with Crippen LogP contribution in [0, 0.1) is 9.28 Å². The van der Waals surface area contributed by atoms with Crippen LogP contribution in [-0.2, 0) is 40.9 Å². The number of hydrogen-bond donors (Lipinski definition) is 0. The van der Waals surface area contributed by atoms with Crippen LogP contribution in [0.15, 0.2) is 36.7 Å². The van der Waals surface area contributed by atoms with Crippen molar-refractivity contribution in [2.24, 2.45) is 0 Å². The van der Waals surface area contributed by atoms with Crippen LogP contribution in [0.25, 0.3) is 0 Å². The minimum atomic E-state index is 0. The summed E-state index contributed by atoms with van der Waals surface area (Å²) in [6.45, 7) is 0. The fourth-order valence-electron chi connectivity index (χ4n) is 0.794. The molecule has 2 rings (SSSR count). The molecule has 4 N–H and O–H groups in total. The van der Waals surface area contributed by atoms with E-state index in [-0.39, 0.29) is 16.5 Å². The molecule has 2 aromatic heterocycles. The summed E-state index contributed by atoms with van der Waals surface area (Å²) in [5, 5.41) is 14.2. The van der Waals surface area contributed by atoms with Gasteiger partial charge in [0.2, 0.25) is 9.28 Å². The van der Waals surface area contributed by atoms with Gasteiger partial charge in [0.15, 0.2) is 24.4 Å². The number of thiol groups is 2. The maximum atomic E-state index is 7.08. The molecule has 2 aromatic rings. The van der Waals surface area contributed by atoms with E-state index in [2.05, 4.69) is 34.4 Å². The molecule has 0 bridgehead atoms. The monoisotopic (exact) mass is 314 g/mol. The van der Waals surface area contributed by atoms with Crippen molar-refractivity contribution in [3.05, 3.63) is 45.9 Å². The minimum Gasteiger partial charge on any atom is -0.606 e. The van der Waals surface area contributed by atoms with Crippen molar-refractivity contribution in [1.82, 2.24) is 9.97 Å². The average molecular weight is 315 g/mol. The molecule has 0 saturated carbocycles. The van der Waals surface area contributed by atoms with Gasteiger partial charge in [-0.3, -0.25) is 0 Å². The molecule has 7 heteroatoms. The predicted molar refractivity (Wildman–Crippen MR) is 69.6 cm³/mol. The largest absolute Gasteiger partial charge is 3.00 e. The summed E-state index contributed by atoms with van der Waals surface area (Å²) in [7, 11) is 0. The van der Waals surface area contributed by atoms with E-state index in [0.29, 0.717) is 20.8 Å². The molecule has 0 aliphatic heterocycles. The maximum Gasteiger partial charge on any atom is 3.00 e. The summed E-state index contributed by atoms with van der Waals surface area (Å²) in [5.74, 6) is 0.742. The summed E-state index contributed by atoms with van der Waals surface area (Å²) < 4.78 is 0.958. The standard InChI is InChI=1S/2C5H5NOS.Ni/c2*7-4-2-1-3-6-5(4)8;/h2*1-3H,(H2,6,7,8);/q;;+3/p+2. The van der Waals surface area contributed by atoms with Crippen LogP contribution in [0.3, 0.4) is 0 Å². The molecule has 0 spiro atoms. The Morgan fingerprint density at radius 3 is 1.35 bits per heavy atom. The smallest absolute Gasteiger partial charge is 0.606 e. The second-order valence-electron chi connectivity index (χ2n) is 2.75. The molecule has 0 unspecified atom stereocenters. The molecule has 0 fully saturated rings. The van der Waals surface area contributed by atoms with E-state index in [4.69, 9.17) is 10.2 Å². The first-order valence-electron chi connectivity index (χ1n) is 4.32. The molecule has 0 amide bonds. The third kappa shape index (κ3) is 5.63. The van der Waals surface area contributed by atoms with Crippen LogP contribution in [0.4, 0.5) is 0 Å². The van der Waals surface area contributed by atoms with Crippen molar-refractivity contribution >= 4 is 24.4 Å². The Kier molecular flexibility index (Phi) is 7.45. The Balaban J connectivity index is 0.000000284. The van der Waals surface area contributed by atoms with Crippen molar-refractivity contribution in [3.8, 4) is 11.5 Å². The van der Waals surface area contributed by atoms with E-state index < -0.39 is 0 Å². The molecule has 91 valence electrons. The SMILES string of the molecule is [Ni+3].[OH2+]c1ccc[n-]c1=[SH+].[OH2+]c1ccc[n-]c1=[SH+]. The van der Waals surface area contributed by atoms with E-state index in [1.54, 1.807) is 36.7 Å². The zero-order valence-electron chi connectivity index (χ0n) is 8.57. The van der Waals surface area contributed by atoms with Gasteiger partial charge < -0.3 is 20.2 Å². The van der Waals surface area contributed by atoms with Gasteiger partial charge in [-0.05, 0) is 0 Å². The van der Waals surface area contributed by atoms with E-state index in [1.165, 1.54) is 0 Å². The Hall–Kier alpha value is -1.17. The number of aromatic nitrogens is 2. The van der Waals surface area contributed by atoms with Crippen molar-refractivity contribution < 1.29 is 26.7 Å².